The summed E-state index contributed by atoms with van der Waals surface area (Å²) in [4.78, 5) is 12.5. The highest BCUT2D eigenvalue weighted by Gasteiger charge is 2.51. The summed E-state index contributed by atoms with van der Waals surface area (Å²) in [6.07, 6.45) is 2.44. The van der Waals surface area contributed by atoms with Gasteiger partial charge in [0.2, 0.25) is 5.91 Å². The topological polar surface area (TPSA) is 64.3 Å². The molecule has 0 aromatic heterocycles. The summed E-state index contributed by atoms with van der Waals surface area (Å²) in [6.45, 7) is 3.44. The number of nitrogens with one attached hydrogen (secondary N) is 1. The Morgan fingerprint density at radius 1 is 1.56 bits per heavy atom. The van der Waals surface area contributed by atoms with Crippen molar-refractivity contribution in [3.63, 3.8) is 0 Å². The van der Waals surface area contributed by atoms with Crippen LogP contribution in [0.3, 0.4) is 0 Å². The Balaban J connectivity index is 1.98. The summed E-state index contributed by atoms with van der Waals surface area (Å²) in [7, 11) is 0. The van der Waals surface area contributed by atoms with Crippen LogP contribution in [0.2, 0.25) is 0 Å². The van der Waals surface area contributed by atoms with Gasteiger partial charge < -0.3 is 15.8 Å². The first kappa shape index (κ1) is 11.8. The maximum atomic E-state index is 12.2. The number of thiocarbonyl (C=S) groups is 1. The van der Waals surface area contributed by atoms with Crippen molar-refractivity contribution in [1.29, 1.82) is 0 Å². The summed E-state index contributed by atoms with van der Waals surface area (Å²) in [5.74, 6) is 0.528. The number of carbonyl (C=O) groups is 1. The lowest BCUT2D eigenvalue weighted by atomic mass is 9.62. The van der Waals surface area contributed by atoms with Crippen molar-refractivity contribution >= 4 is 23.1 Å². The zero-order valence-corrected chi connectivity index (χ0v) is 10.3. The Morgan fingerprint density at radius 2 is 2.25 bits per heavy atom. The van der Waals surface area contributed by atoms with E-state index in [1.807, 2.05) is 0 Å². The van der Waals surface area contributed by atoms with Gasteiger partial charge in [0.25, 0.3) is 0 Å². The van der Waals surface area contributed by atoms with Gasteiger partial charge in [0.1, 0.15) is 0 Å². The average Bonchev–Trinajstić information content (AvgIpc) is 2.64. The molecular weight excluding hydrogens is 224 g/mol. The minimum atomic E-state index is -0.586. The highest BCUT2D eigenvalue weighted by atomic mass is 32.1. The van der Waals surface area contributed by atoms with E-state index in [-0.39, 0.29) is 11.9 Å². The van der Waals surface area contributed by atoms with Crippen LogP contribution in [0.4, 0.5) is 0 Å². The first-order valence-corrected chi connectivity index (χ1v) is 6.14. The fourth-order valence-electron chi connectivity index (χ4n) is 2.60. The van der Waals surface area contributed by atoms with Crippen LogP contribution in [-0.4, -0.2) is 30.2 Å². The van der Waals surface area contributed by atoms with Gasteiger partial charge in [-0.15, -0.1) is 0 Å². The van der Waals surface area contributed by atoms with Gasteiger partial charge in [-0.25, -0.2) is 0 Å². The molecule has 1 saturated heterocycles. The number of amides is 1. The van der Waals surface area contributed by atoms with Crippen molar-refractivity contribution in [1.82, 2.24) is 5.32 Å². The minimum Gasteiger partial charge on any atom is -0.392 e. The van der Waals surface area contributed by atoms with E-state index in [2.05, 4.69) is 12.2 Å². The predicted molar refractivity (Wildman–Crippen MR) is 65.0 cm³/mol. The number of hydrogen-bond acceptors (Lipinski definition) is 3. The quantitative estimate of drug-likeness (QED) is 0.711. The van der Waals surface area contributed by atoms with E-state index in [0.717, 1.165) is 25.9 Å². The van der Waals surface area contributed by atoms with Crippen LogP contribution < -0.4 is 11.1 Å². The normalized spacial score (nSPS) is 37.8. The first-order valence-electron chi connectivity index (χ1n) is 5.73. The Morgan fingerprint density at radius 3 is 2.69 bits per heavy atom. The third-order valence-corrected chi connectivity index (χ3v) is 3.96. The van der Waals surface area contributed by atoms with Gasteiger partial charge in [-0.1, -0.05) is 19.1 Å². The van der Waals surface area contributed by atoms with Crippen LogP contribution in [0.5, 0.6) is 0 Å². The third-order valence-electron chi connectivity index (χ3n) is 3.57. The monoisotopic (exact) mass is 242 g/mol. The van der Waals surface area contributed by atoms with E-state index in [4.69, 9.17) is 22.7 Å². The van der Waals surface area contributed by atoms with Crippen molar-refractivity contribution in [2.45, 2.75) is 32.2 Å². The zero-order valence-electron chi connectivity index (χ0n) is 9.49. The van der Waals surface area contributed by atoms with E-state index < -0.39 is 5.41 Å². The van der Waals surface area contributed by atoms with Gasteiger partial charge >= 0.3 is 0 Å². The van der Waals surface area contributed by atoms with Gasteiger partial charge in [-0.2, -0.15) is 0 Å². The molecule has 4 nitrogen and oxygen atoms in total. The number of nitrogens with two attached hydrogens (primary N) is 1. The fraction of sp³-hybridized carbons (Fsp3) is 0.818. The third kappa shape index (κ3) is 1.94. The molecule has 1 aliphatic heterocycles. The molecule has 1 saturated carbocycles. The van der Waals surface area contributed by atoms with Crippen molar-refractivity contribution in [3.05, 3.63) is 0 Å². The first-order chi connectivity index (χ1) is 7.54. The van der Waals surface area contributed by atoms with Gasteiger partial charge in [0.05, 0.1) is 23.1 Å². The highest BCUT2D eigenvalue weighted by Crippen LogP contribution is 2.46. The Bertz CT molecular complexity index is 307. The molecule has 3 N–H and O–H groups in total. The molecule has 2 rings (SSSR count). The fourth-order valence-corrected chi connectivity index (χ4v) is 2.86. The molecule has 90 valence electrons. The second kappa shape index (κ2) is 4.30. The maximum Gasteiger partial charge on any atom is 0.233 e. The van der Waals surface area contributed by atoms with Crippen LogP contribution in [0.25, 0.3) is 0 Å². The summed E-state index contributed by atoms with van der Waals surface area (Å²) in [6, 6.07) is 0.134. The van der Waals surface area contributed by atoms with Gasteiger partial charge in [-0.05, 0) is 25.2 Å². The van der Waals surface area contributed by atoms with Crippen LogP contribution >= 0.6 is 12.2 Å². The highest BCUT2D eigenvalue weighted by molar-refractivity contribution is 7.80. The zero-order chi connectivity index (χ0) is 11.8. The smallest absolute Gasteiger partial charge is 0.233 e. The molecule has 2 aliphatic rings. The van der Waals surface area contributed by atoms with Gasteiger partial charge in [-0.3, -0.25) is 4.79 Å². The number of hydrogen-bond donors (Lipinski definition) is 2. The van der Waals surface area contributed by atoms with Crippen LogP contribution in [0.1, 0.15) is 26.2 Å². The SMILES string of the molecule is CC1CC(C(=O)NC2CCOC2)(C(N)=S)C1. The largest absolute Gasteiger partial charge is 0.392 e. The van der Waals surface area contributed by atoms with E-state index >= 15 is 0 Å². The molecule has 1 amide bonds. The molecule has 0 aromatic carbocycles. The maximum absolute atomic E-state index is 12.2. The lowest BCUT2D eigenvalue weighted by Gasteiger charge is -2.44. The van der Waals surface area contributed by atoms with Crippen LogP contribution in [0.15, 0.2) is 0 Å². The number of ether oxygens (including phenoxy) is 1. The van der Waals surface area contributed by atoms with E-state index in [9.17, 15) is 4.79 Å². The molecule has 1 heterocycles. The van der Waals surface area contributed by atoms with Crippen LogP contribution in [-0.2, 0) is 9.53 Å². The molecule has 1 aliphatic carbocycles. The second-order valence-electron chi connectivity index (χ2n) is 4.99. The van der Waals surface area contributed by atoms with Gasteiger partial charge in [0.15, 0.2) is 0 Å². The Kier molecular flexibility index (Phi) is 3.17. The summed E-state index contributed by atoms with van der Waals surface area (Å²) in [5.41, 5.74) is 5.12. The summed E-state index contributed by atoms with van der Waals surface area (Å²) in [5, 5.41) is 2.99. The Labute approximate surface area is 101 Å². The van der Waals surface area contributed by atoms with E-state index in [1.54, 1.807) is 0 Å². The van der Waals surface area contributed by atoms with Crippen molar-refractivity contribution in [2.24, 2.45) is 17.1 Å². The number of rotatable bonds is 3. The summed E-state index contributed by atoms with van der Waals surface area (Å²) >= 11 is 5.04. The minimum absolute atomic E-state index is 0.00593. The molecule has 5 heteroatoms. The molecule has 1 atom stereocenters. The predicted octanol–water partition coefficient (Wildman–Crippen LogP) is 0.594. The van der Waals surface area contributed by atoms with E-state index in [1.165, 1.54) is 0 Å². The Hall–Kier alpha value is -0.680. The van der Waals surface area contributed by atoms with Gasteiger partial charge in [0, 0.05) is 6.61 Å². The van der Waals surface area contributed by atoms with E-state index in [0.29, 0.717) is 17.5 Å². The molecule has 0 bridgehead atoms. The molecular formula is C11H18N2O2S. The number of carbonyl (C=O) groups excluding carboxylic acids is 1. The standard InChI is InChI=1S/C11H18N2O2S/c1-7-4-11(5-7,9(12)16)10(14)13-8-2-3-15-6-8/h7-8H,2-6H2,1H3,(H2,12,16)(H,13,14). The average molecular weight is 242 g/mol. The lowest BCUT2D eigenvalue weighted by Crippen LogP contribution is -2.57. The lowest BCUT2D eigenvalue weighted by molar-refractivity contribution is -0.133. The molecule has 2 fully saturated rings. The second-order valence-corrected chi connectivity index (χ2v) is 5.43. The van der Waals surface area contributed by atoms with Crippen LogP contribution in [0, 0.1) is 11.3 Å². The molecule has 1 unspecified atom stereocenters. The molecule has 0 spiro atoms. The summed E-state index contributed by atoms with van der Waals surface area (Å²) < 4.78 is 5.23. The molecule has 16 heavy (non-hydrogen) atoms. The molecule has 0 radical (unpaired) electrons. The van der Waals surface area contributed by atoms with Crippen molar-refractivity contribution in [3.8, 4) is 0 Å². The van der Waals surface area contributed by atoms with Crippen molar-refractivity contribution in [2.75, 3.05) is 13.2 Å². The van der Waals surface area contributed by atoms with Crippen molar-refractivity contribution < 1.29 is 9.53 Å². The molecule has 0 aromatic rings.